The highest BCUT2D eigenvalue weighted by atomic mass is 16.4. The molecule has 0 radical (unpaired) electrons. The third-order valence-corrected chi connectivity index (χ3v) is 2.99. The summed E-state index contributed by atoms with van der Waals surface area (Å²) in [5.41, 5.74) is 0. The summed E-state index contributed by atoms with van der Waals surface area (Å²) >= 11 is 0. The largest absolute Gasteiger partial charge is 0.481 e. The van der Waals surface area contributed by atoms with Crippen molar-refractivity contribution in [2.45, 2.75) is 45.4 Å². The highest BCUT2D eigenvalue weighted by Gasteiger charge is 2.24. The maximum atomic E-state index is 11.6. The van der Waals surface area contributed by atoms with E-state index in [1.807, 2.05) is 0 Å². The number of rotatable bonds is 4. The molecule has 3 nitrogen and oxygen atoms in total. The quantitative estimate of drug-likeness (QED) is 0.753. The van der Waals surface area contributed by atoms with E-state index in [1.54, 1.807) is 6.92 Å². The molecule has 3 heteroatoms. The maximum Gasteiger partial charge on any atom is 0.306 e. The number of carboxylic acid groups (broad SMARTS) is 1. The average Bonchev–Trinajstić information content (AvgIpc) is 2.19. The molecule has 0 heterocycles. The molecule has 0 saturated heterocycles. The molecule has 1 aliphatic carbocycles. The molecule has 1 N–H and O–H groups in total. The summed E-state index contributed by atoms with van der Waals surface area (Å²) < 4.78 is 0. The van der Waals surface area contributed by atoms with Crippen LogP contribution in [0.15, 0.2) is 0 Å². The Balaban J connectivity index is 2.36. The number of hydrogen-bond acceptors (Lipinski definition) is 2. The third kappa shape index (κ3) is 3.13. The Bertz CT molecular complexity index is 217. The normalized spacial score (nSPS) is 20.4. The Morgan fingerprint density at radius 2 is 1.86 bits per heavy atom. The van der Waals surface area contributed by atoms with Crippen molar-refractivity contribution in [3.8, 4) is 0 Å². The molecular formula is C11H18O3. The Morgan fingerprint density at radius 1 is 1.29 bits per heavy atom. The van der Waals surface area contributed by atoms with Crippen molar-refractivity contribution in [1.29, 1.82) is 0 Å². The van der Waals surface area contributed by atoms with E-state index in [9.17, 15) is 9.59 Å². The second kappa shape index (κ2) is 5.13. The van der Waals surface area contributed by atoms with Crippen molar-refractivity contribution in [3.05, 3.63) is 0 Å². The van der Waals surface area contributed by atoms with Crippen molar-refractivity contribution >= 4 is 11.8 Å². The molecule has 0 aromatic rings. The zero-order valence-electron chi connectivity index (χ0n) is 8.66. The number of aliphatic carboxylic acids is 1. The summed E-state index contributed by atoms with van der Waals surface area (Å²) in [6, 6.07) is 0. The van der Waals surface area contributed by atoms with Crippen LogP contribution < -0.4 is 0 Å². The molecule has 1 fully saturated rings. The molecule has 1 rings (SSSR count). The Kier molecular flexibility index (Phi) is 4.11. The lowest BCUT2D eigenvalue weighted by atomic mass is 9.83. The highest BCUT2D eigenvalue weighted by Crippen LogP contribution is 2.26. The maximum absolute atomic E-state index is 11.6. The number of Topliss-reactive ketones (excluding diaryl/α,β-unsaturated/α-hetero) is 1. The van der Waals surface area contributed by atoms with Crippen molar-refractivity contribution in [3.63, 3.8) is 0 Å². The molecule has 14 heavy (non-hydrogen) atoms. The summed E-state index contributed by atoms with van der Waals surface area (Å²) in [6.45, 7) is 1.60. The van der Waals surface area contributed by atoms with Gasteiger partial charge in [-0.25, -0.2) is 0 Å². The molecule has 0 spiro atoms. The smallest absolute Gasteiger partial charge is 0.306 e. The van der Waals surface area contributed by atoms with E-state index in [2.05, 4.69) is 0 Å². The molecule has 0 aromatic carbocycles. The van der Waals surface area contributed by atoms with E-state index in [0.29, 0.717) is 0 Å². The molecule has 1 saturated carbocycles. The first kappa shape index (κ1) is 11.2. The fourth-order valence-electron chi connectivity index (χ4n) is 1.98. The first-order chi connectivity index (χ1) is 6.61. The lowest BCUT2D eigenvalue weighted by Gasteiger charge is -2.20. The lowest BCUT2D eigenvalue weighted by molar-refractivity contribution is -0.143. The number of hydrogen-bond donors (Lipinski definition) is 1. The van der Waals surface area contributed by atoms with Crippen LogP contribution in [0, 0.1) is 11.8 Å². The van der Waals surface area contributed by atoms with Gasteiger partial charge >= 0.3 is 5.97 Å². The van der Waals surface area contributed by atoms with E-state index in [1.165, 1.54) is 6.42 Å². The summed E-state index contributed by atoms with van der Waals surface area (Å²) in [5, 5.41) is 8.68. The van der Waals surface area contributed by atoms with E-state index < -0.39 is 11.9 Å². The minimum atomic E-state index is -0.867. The van der Waals surface area contributed by atoms with Crippen LogP contribution in [0.2, 0.25) is 0 Å². The predicted octanol–water partition coefficient (Wildman–Crippen LogP) is 2.25. The number of carbonyl (C=O) groups is 2. The number of carbonyl (C=O) groups excluding carboxylic acids is 1. The SMILES string of the molecule is C[C@@H](CC(=O)C1CCCCC1)C(=O)O. The minimum absolute atomic E-state index is 0.144. The van der Waals surface area contributed by atoms with Gasteiger partial charge in [-0.2, -0.15) is 0 Å². The molecular weight excluding hydrogens is 180 g/mol. The van der Waals surface area contributed by atoms with Gasteiger partial charge in [-0.3, -0.25) is 9.59 Å². The average molecular weight is 198 g/mol. The Labute approximate surface area is 84.5 Å². The van der Waals surface area contributed by atoms with Crippen LogP contribution in [0.1, 0.15) is 45.4 Å². The van der Waals surface area contributed by atoms with E-state index in [-0.39, 0.29) is 18.1 Å². The van der Waals surface area contributed by atoms with Crippen LogP contribution >= 0.6 is 0 Å². The van der Waals surface area contributed by atoms with E-state index >= 15 is 0 Å². The zero-order valence-corrected chi connectivity index (χ0v) is 8.66. The topological polar surface area (TPSA) is 54.4 Å². The molecule has 0 aromatic heterocycles. The lowest BCUT2D eigenvalue weighted by Crippen LogP contribution is -2.22. The number of ketones is 1. The summed E-state index contributed by atoms with van der Waals surface area (Å²) in [7, 11) is 0. The standard InChI is InChI=1S/C11H18O3/c1-8(11(13)14)7-10(12)9-5-3-2-4-6-9/h8-9H,2-7H2,1H3,(H,13,14)/t8-/m0/s1. The number of carboxylic acids is 1. The van der Waals surface area contributed by atoms with Crippen LogP contribution in [-0.2, 0) is 9.59 Å². The van der Waals surface area contributed by atoms with Gasteiger partial charge in [-0.1, -0.05) is 26.2 Å². The highest BCUT2D eigenvalue weighted by molar-refractivity contribution is 5.85. The van der Waals surface area contributed by atoms with Gasteiger partial charge in [0.2, 0.25) is 0 Å². The third-order valence-electron chi connectivity index (χ3n) is 2.99. The van der Waals surface area contributed by atoms with Crippen molar-refractivity contribution in [1.82, 2.24) is 0 Å². The van der Waals surface area contributed by atoms with Gasteiger partial charge < -0.3 is 5.11 Å². The van der Waals surface area contributed by atoms with Gasteiger partial charge in [0.25, 0.3) is 0 Å². The van der Waals surface area contributed by atoms with Gasteiger partial charge in [0, 0.05) is 12.3 Å². The zero-order chi connectivity index (χ0) is 10.6. The molecule has 1 atom stereocenters. The van der Waals surface area contributed by atoms with Crippen molar-refractivity contribution in [2.24, 2.45) is 11.8 Å². The Hall–Kier alpha value is -0.860. The molecule has 0 aliphatic heterocycles. The van der Waals surface area contributed by atoms with Gasteiger partial charge in [-0.05, 0) is 12.8 Å². The molecule has 0 amide bonds. The summed E-state index contributed by atoms with van der Waals surface area (Å²) in [4.78, 5) is 22.2. The van der Waals surface area contributed by atoms with Gasteiger partial charge in [0.05, 0.1) is 5.92 Å². The van der Waals surface area contributed by atoms with Crippen LogP contribution in [0.4, 0.5) is 0 Å². The second-order valence-corrected chi connectivity index (χ2v) is 4.24. The Morgan fingerprint density at radius 3 is 2.36 bits per heavy atom. The summed E-state index contributed by atoms with van der Waals surface area (Å²) in [5.74, 6) is -1.09. The van der Waals surface area contributed by atoms with Gasteiger partial charge in [0.15, 0.2) is 0 Å². The van der Waals surface area contributed by atoms with Crippen LogP contribution in [0.3, 0.4) is 0 Å². The summed E-state index contributed by atoms with van der Waals surface area (Å²) in [6.07, 6.45) is 5.60. The molecule has 0 unspecified atom stereocenters. The first-order valence-corrected chi connectivity index (χ1v) is 5.36. The van der Waals surface area contributed by atoms with Crippen LogP contribution in [-0.4, -0.2) is 16.9 Å². The molecule has 0 bridgehead atoms. The first-order valence-electron chi connectivity index (χ1n) is 5.36. The fraction of sp³-hybridized carbons (Fsp3) is 0.818. The monoisotopic (exact) mass is 198 g/mol. The van der Waals surface area contributed by atoms with Crippen molar-refractivity contribution < 1.29 is 14.7 Å². The van der Waals surface area contributed by atoms with Crippen molar-refractivity contribution in [2.75, 3.05) is 0 Å². The second-order valence-electron chi connectivity index (χ2n) is 4.24. The van der Waals surface area contributed by atoms with E-state index in [4.69, 9.17) is 5.11 Å². The predicted molar refractivity (Wildman–Crippen MR) is 53.0 cm³/mol. The fourth-order valence-corrected chi connectivity index (χ4v) is 1.98. The van der Waals surface area contributed by atoms with Crippen LogP contribution in [0.25, 0.3) is 0 Å². The molecule has 80 valence electrons. The minimum Gasteiger partial charge on any atom is -0.481 e. The van der Waals surface area contributed by atoms with Gasteiger partial charge in [0.1, 0.15) is 5.78 Å². The van der Waals surface area contributed by atoms with E-state index in [0.717, 1.165) is 25.7 Å². The van der Waals surface area contributed by atoms with Gasteiger partial charge in [-0.15, -0.1) is 0 Å². The molecule has 1 aliphatic rings. The van der Waals surface area contributed by atoms with Crippen LogP contribution in [0.5, 0.6) is 0 Å².